The molecule has 1 fully saturated rings. The lowest BCUT2D eigenvalue weighted by atomic mass is 9.85. The minimum atomic E-state index is -0.228. The normalized spacial score (nSPS) is 25.4. The van der Waals surface area contributed by atoms with Gasteiger partial charge in [-0.1, -0.05) is 37.3 Å². The Morgan fingerprint density at radius 3 is 2.71 bits per heavy atom. The highest BCUT2D eigenvalue weighted by Gasteiger charge is 2.37. The van der Waals surface area contributed by atoms with E-state index in [0.717, 1.165) is 25.9 Å². The molecule has 0 radical (unpaired) electrons. The lowest BCUT2D eigenvalue weighted by Gasteiger charge is -2.42. The monoisotopic (exact) mass is 228 g/mol. The van der Waals surface area contributed by atoms with E-state index >= 15 is 0 Å². The number of rotatable bonds is 3. The fourth-order valence-electron chi connectivity index (χ4n) is 2.73. The highest BCUT2D eigenvalue weighted by Crippen LogP contribution is 2.31. The van der Waals surface area contributed by atoms with E-state index in [-0.39, 0.29) is 5.54 Å². The molecule has 0 saturated carbocycles. The van der Waals surface area contributed by atoms with E-state index in [9.17, 15) is 5.26 Å². The van der Waals surface area contributed by atoms with Crippen molar-refractivity contribution in [1.29, 1.82) is 5.26 Å². The summed E-state index contributed by atoms with van der Waals surface area (Å²) in [4.78, 5) is 2.37. The van der Waals surface area contributed by atoms with E-state index in [1.807, 2.05) is 6.07 Å². The molecule has 0 spiro atoms. The molecule has 2 nitrogen and oxygen atoms in total. The van der Waals surface area contributed by atoms with Crippen molar-refractivity contribution < 1.29 is 0 Å². The van der Waals surface area contributed by atoms with E-state index in [4.69, 9.17) is 0 Å². The maximum atomic E-state index is 9.50. The summed E-state index contributed by atoms with van der Waals surface area (Å²) in [6, 6.07) is 13.0. The predicted octanol–water partition coefficient (Wildman–Crippen LogP) is 3.34. The first-order chi connectivity index (χ1) is 8.30. The first-order valence-corrected chi connectivity index (χ1v) is 6.51. The Kier molecular flexibility index (Phi) is 3.81. The molecule has 1 atom stereocenters. The van der Waals surface area contributed by atoms with Crippen LogP contribution in [0.25, 0.3) is 0 Å². The molecule has 0 aliphatic carbocycles. The quantitative estimate of drug-likeness (QED) is 0.793. The van der Waals surface area contributed by atoms with Crippen molar-refractivity contribution in [3.63, 3.8) is 0 Å². The minimum Gasteiger partial charge on any atom is -0.281 e. The molecule has 90 valence electrons. The van der Waals surface area contributed by atoms with Crippen LogP contribution in [0.1, 0.15) is 38.2 Å². The number of nitrogens with zero attached hydrogens (tertiary/aromatic N) is 2. The topological polar surface area (TPSA) is 27.0 Å². The fraction of sp³-hybridized carbons (Fsp3) is 0.533. The Morgan fingerprint density at radius 1 is 1.29 bits per heavy atom. The second-order valence-electron chi connectivity index (χ2n) is 4.86. The summed E-state index contributed by atoms with van der Waals surface area (Å²) in [6.07, 6.45) is 4.35. The molecule has 1 aromatic rings. The Morgan fingerprint density at radius 2 is 2.06 bits per heavy atom. The molecular formula is C15H20N2. The fourth-order valence-corrected chi connectivity index (χ4v) is 2.73. The van der Waals surface area contributed by atoms with Crippen LogP contribution in [0.4, 0.5) is 0 Å². The number of likely N-dealkylation sites (tertiary alicyclic amines) is 1. The van der Waals surface area contributed by atoms with Crippen LogP contribution >= 0.6 is 0 Å². The average molecular weight is 228 g/mol. The van der Waals surface area contributed by atoms with Crippen LogP contribution in [-0.4, -0.2) is 17.0 Å². The molecule has 2 rings (SSSR count). The maximum absolute atomic E-state index is 9.50. The molecule has 2 heteroatoms. The van der Waals surface area contributed by atoms with Crippen molar-refractivity contribution in [2.75, 3.05) is 6.54 Å². The average Bonchev–Trinajstić information content (AvgIpc) is 2.41. The third-order valence-electron chi connectivity index (χ3n) is 3.88. The molecule has 17 heavy (non-hydrogen) atoms. The SMILES string of the molecule is CCC1(C#N)CCCCN1Cc1ccccc1. The van der Waals surface area contributed by atoms with Crippen LogP contribution in [0.3, 0.4) is 0 Å². The van der Waals surface area contributed by atoms with Gasteiger partial charge in [0, 0.05) is 13.1 Å². The molecule has 1 saturated heterocycles. The second kappa shape index (κ2) is 5.33. The van der Waals surface area contributed by atoms with Gasteiger partial charge in [-0.05, 0) is 31.2 Å². The summed E-state index contributed by atoms with van der Waals surface area (Å²) in [5.74, 6) is 0. The molecule has 0 bridgehead atoms. The Labute approximate surface area is 104 Å². The van der Waals surface area contributed by atoms with Gasteiger partial charge in [0.05, 0.1) is 6.07 Å². The van der Waals surface area contributed by atoms with E-state index in [0.29, 0.717) is 0 Å². The summed E-state index contributed by atoms with van der Waals surface area (Å²) in [7, 11) is 0. The molecule has 0 aromatic heterocycles. The lowest BCUT2D eigenvalue weighted by Crippen LogP contribution is -2.49. The van der Waals surface area contributed by atoms with Crippen LogP contribution in [-0.2, 0) is 6.54 Å². The summed E-state index contributed by atoms with van der Waals surface area (Å²) < 4.78 is 0. The van der Waals surface area contributed by atoms with Gasteiger partial charge in [-0.25, -0.2) is 0 Å². The standard InChI is InChI=1S/C15H20N2/c1-2-15(13-16)10-6-7-11-17(15)12-14-8-4-3-5-9-14/h3-5,8-9H,2,6-7,10-12H2,1H3. The molecule has 1 aliphatic heterocycles. The molecular weight excluding hydrogens is 208 g/mol. The number of piperidine rings is 1. The van der Waals surface area contributed by atoms with E-state index in [2.05, 4.69) is 42.2 Å². The van der Waals surface area contributed by atoms with Gasteiger partial charge in [-0.15, -0.1) is 0 Å². The number of nitriles is 1. The summed E-state index contributed by atoms with van der Waals surface area (Å²) in [5.41, 5.74) is 1.08. The largest absolute Gasteiger partial charge is 0.281 e. The van der Waals surface area contributed by atoms with E-state index in [1.165, 1.54) is 18.4 Å². The van der Waals surface area contributed by atoms with Crippen molar-refractivity contribution in [3.05, 3.63) is 35.9 Å². The van der Waals surface area contributed by atoms with Gasteiger partial charge in [-0.3, -0.25) is 4.90 Å². The van der Waals surface area contributed by atoms with Crippen molar-refractivity contribution in [3.8, 4) is 6.07 Å². The minimum absolute atomic E-state index is 0.228. The molecule has 1 unspecified atom stereocenters. The van der Waals surface area contributed by atoms with Gasteiger partial charge in [-0.2, -0.15) is 5.26 Å². The molecule has 1 aliphatic rings. The van der Waals surface area contributed by atoms with Gasteiger partial charge in [0.2, 0.25) is 0 Å². The number of hydrogen-bond acceptors (Lipinski definition) is 2. The van der Waals surface area contributed by atoms with E-state index < -0.39 is 0 Å². The molecule has 1 aromatic carbocycles. The number of benzene rings is 1. The van der Waals surface area contributed by atoms with Crippen molar-refractivity contribution in [1.82, 2.24) is 4.90 Å². The van der Waals surface area contributed by atoms with E-state index in [1.54, 1.807) is 0 Å². The van der Waals surface area contributed by atoms with Crippen molar-refractivity contribution >= 4 is 0 Å². The summed E-state index contributed by atoms with van der Waals surface area (Å²) >= 11 is 0. The van der Waals surface area contributed by atoms with Crippen LogP contribution < -0.4 is 0 Å². The summed E-state index contributed by atoms with van der Waals surface area (Å²) in [6.45, 7) is 4.09. The van der Waals surface area contributed by atoms with Gasteiger partial charge in [0.25, 0.3) is 0 Å². The first kappa shape index (κ1) is 12.1. The number of hydrogen-bond donors (Lipinski definition) is 0. The van der Waals surface area contributed by atoms with Crippen LogP contribution in [0.2, 0.25) is 0 Å². The van der Waals surface area contributed by atoms with Gasteiger partial charge >= 0.3 is 0 Å². The van der Waals surface area contributed by atoms with Gasteiger partial charge < -0.3 is 0 Å². The highest BCUT2D eigenvalue weighted by atomic mass is 15.2. The third-order valence-corrected chi connectivity index (χ3v) is 3.88. The zero-order valence-electron chi connectivity index (χ0n) is 10.5. The van der Waals surface area contributed by atoms with Crippen LogP contribution in [0.15, 0.2) is 30.3 Å². The Bertz CT molecular complexity index is 393. The predicted molar refractivity (Wildman–Crippen MR) is 69.3 cm³/mol. The smallest absolute Gasteiger partial charge is 0.109 e. The highest BCUT2D eigenvalue weighted by molar-refractivity contribution is 5.17. The third kappa shape index (κ3) is 2.50. The Hall–Kier alpha value is -1.33. The molecule has 0 amide bonds. The maximum Gasteiger partial charge on any atom is 0.109 e. The summed E-state index contributed by atoms with van der Waals surface area (Å²) in [5, 5.41) is 9.50. The molecule has 1 heterocycles. The Balaban J connectivity index is 2.15. The van der Waals surface area contributed by atoms with Crippen molar-refractivity contribution in [2.24, 2.45) is 0 Å². The first-order valence-electron chi connectivity index (χ1n) is 6.51. The molecule has 0 N–H and O–H groups in total. The second-order valence-corrected chi connectivity index (χ2v) is 4.86. The zero-order valence-corrected chi connectivity index (χ0v) is 10.5. The lowest BCUT2D eigenvalue weighted by molar-refractivity contribution is 0.0804. The zero-order chi connectivity index (χ0) is 12.1. The van der Waals surface area contributed by atoms with Crippen molar-refractivity contribution in [2.45, 2.75) is 44.7 Å². The van der Waals surface area contributed by atoms with Crippen LogP contribution in [0.5, 0.6) is 0 Å². The van der Waals surface area contributed by atoms with Gasteiger partial charge in [0.1, 0.15) is 5.54 Å². The van der Waals surface area contributed by atoms with Crippen LogP contribution in [0, 0.1) is 11.3 Å². The van der Waals surface area contributed by atoms with Gasteiger partial charge in [0.15, 0.2) is 0 Å².